The molecule has 1 N–H and O–H groups in total. The van der Waals surface area contributed by atoms with Crippen LogP contribution >= 0.6 is 0 Å². The Labute approximate surface area is 111 Å². The minimum atomic E-state index is -4.46. The molecule has 1 aliphatic heterocycles. The molecule has 0 saturated carbocycles. The third-order valence-corrected chi connectivity index (χ3v) is 2.76. The van der Waals surface area contributed by atoms with Crippen molar-refractivity contribution in [2.45, 2.75) is 11.6 Å². The quantitative estimate of drug-likeness (QED) is 0.315. The maximum Gasteiger partial charge on any atom is 0.750 e. The summed E-state index contributed by atoms with van der Waals surface area (Å²) in [5.41, 5.74) is 0. The summed E-state index contributed by atoms with van der Waals surface area (Å²) in [6.45, 7) is -1.86. The van der Waals surface area contributed by atoms with Gasteiger partial charge in [-0.1, -0.05) is 0 Å². The van der Waals surface area contributed by atoms with Crippen LogP contribution in [0.15, 0.2) is 0 Å². The summed E-state index contributed by atoms with van der Waals surface area (Å²) < 4.78 is 0. The van der Waals surface area contributed by atoms with Crippen LogP contribution in [0, 0.1) is 50.6 Å². The van der Waals surface area contributed by atoms with Crippen LogP contribution in [0.3, 0.4) is 0 Å². The summed E-state index contributed by atoms with van der Waals surface area (Å²) in [5, 5.41) is 53.8. The molecule has 0 unspecified atom stereocenters. The van der Waals surface area contributed by atoms with E-state index < -0.39 is 54.4 Å². The third-order valence-electron chi connectivity index (χ3n) is 2.76. The van der Waals surface area contributed by atoms with Gasteiger partial charge in [-0.15, -0.1) is 0 Å². The van der Waals surface area contributed by atoms with E-state index in [0.717, 1.165) is 0 Å². The van der Waals surface area contributed by atoms with Crippen LogP contribution in [0.5, 0.6) is 0 Å². The Balaban J connectivity index is 3.87. The Kier molecular flexibility index (Phi) is 3.54. The SMILES string of the molecule is O=[N+]([O-])N1CCNC([N+](=O)[O-])([N+](=O)[O-])C1([N+](=O)[O-])[N+](=O)[O-]. The molecule has 0 amide bonds. The van der Waals surface area contributed by atoms with Gasteiger partial charge in [-0.05, 0) is 0 Å². The van der Waals surface area contributed by atoms with Gasteiger partial charge in [0.1, 0.15) is 26.2 Å². The lowest BCUT2D eigenvalue weighted by molar-refractivity contribution is -0.998. The van der Waals surface area contributed by atoms with Crippen LogP contribution in [0.2, 0.25) is 0 Å². The third kappa shape index (κ3) is 1.67. The lowest BCUT2D eigenvalue weighted by Gasteiger charge is -2.30. The van der Waals surface area contributed by atoms with Crippen molar-refractivity contribution in [3.63, 3.8) is 0 Å². The molecule has 21 heavy (non-hydrogen) atoms. The highest BCUT2D eigenvalue weighted by molar-refractivity contribution is 4.86. The van der Waals surface area contributed by atoms with Crippen LogP contribution in [0.4, 0.5) is 0 Å². The van der Waals surface area contributed by atoms with E-state index in [1.165, 1.54) is 5.32 Å². The largest absolute Gasteiger partial charge is 0.750 e. The molecule has 0 aromatic carbocycles. The van der Waals surface area contributed by atoms with E-state index in [9.17, 15) is 50.6 Å². The fourth-order valence-corrected chi connectivity index (χ4v) is 1.94. The normalized spacial score (nSPS) is 19.5. The molecule has 0 aromatic heterocycles. The number of piperazine rings is 1. The molecule has 1 saturated heterocycles. The fourth-order valence-electron chi connectivity index (χ4n) is 1.94. The average molecular weight is 311 g/mol. The molecule has 17 nitrogen and oxygen atoms in total. The second kappa shape index (κ2) is 4.70. The Bertz CT molecular complexity index is 516. The minimum Gasteiger partial charge on any atom is -0.257 e. The zero-order valence-corrected chi connectivity index (χ0v) is 9.68. The van der Waals surface area contributed by atoms with Crippen molar-refractivity contribution in [3.8, 4) is 0 Å². The molecule has 0 spiro atoms. The van der Waals surface area contributed by atoms with Gasteiger partial charge in [0, 0.05) is 11.6 Å². The molecule has 116 valence electrons. The van der Waals surface area contributed by atoms with E-state index in [2.05, 4.69) is 0 Å². The van der Waals surface area contributed by atoms with Gasteiger partial charge in [-0.3, -0.25) is 40.5 Å². The van der Waals surface area contributed by atoms with Crippen LogP contribution < -0.4 is 5.32 Å². The van der Waals surface area contributed by atoms with Crippen molar-refractivity contribution >= 4 is 0 Å². The summed E-state index contributed by atoms with van der Waals surface area (Å²) >= 11 is 0. The predicted octanol–water partition coefficient (Wildman–Crippen LogP) is -2.50. The van der Waals surface area contributed by atoms with Gasteiger partial charge >= 0.3 is 11.6 Å². The van der Waals surface area contributed by atoms with E-state index in [1.807, 2.05) is 0 Å². The first-order chi connectivity index (χ1) is 9.56. The van der Waals surface area contributed by atoms with Crippen molar-refractivity contribution in [1.29, 1.82) is 0 Å². The zero-order chi connectivity index (χ0) is 16.6. The Morgan fingerprint density at radius 2 is 1.24 bits per heavy atom. The van der Waals surface area contributed by atoms with Gasteiger partial charge in [-0.2, -0.15) is 5.32 Å². The molecular weight excluding hydrogens is 306 g/mol. The highest BCUT2D eigenvalue weighted by Crippen LogP contribution is 2.34. The van der Waals surface area contributed by atoms with Gasteiger partial charge in [0.15, 0.2) is 5.03 Å². The first-order valence-corrected chi connectivity index (χ1v) is 4.81. The number of hydrazine groups is 1. The van der Waals surface area contributed by atoms with E-state index in [-0.39, 0.29) is 0 Å². The second-order valence-electron chi connectivity index (χ2n) is 3.62. The van der Waals surface area contributed by atoms with Crippen molar-refractivity contribution < 1.29 is 24.7 Å². The fraction of sp³-hybridized carbons (Fsp3) is 1.00. The smallest absolute Gasteiger partial charge is 0.257 e. The second-order valence-corrected chi connectivity index (χ2v) is 3.62. The summed E-state index contributed by atoms with van der Waals surface area (Å²) in [7, 11) is 0. The standard InChI is InChI=1S/C4H5N7O10/c12-7(13)3(8(14)15)4(9(16)17,10(18)19)6(11(20)21)2-1-5-3/h5H,1-2H2. The maximum atomic E-state index is 11.0. The maximum absolute atomic E-state index is 11.0. The Hall–Kier alpha value is -3.24. The van der Waals surface area contributed by atoms with Gasteiger partial charge in [-0.25, -0.2) is 10.1 Å². The summed E-state index contributed by atoms with van der Waals surface area (Å²) in [5.74, 6) is -8.69. The molecular formula is C4H5N7O10. The monoisotopic (exact) mass is 311 g/mol. The average Bonchev–Trinajstić information content (AvgIpc) is 2.35. The lowest BCUT2D eigenvalue weighted by Crippen LogP contribution is -2.87. The molecule has 0 aliphatic carbocycles. The number of hydrogen-bond donors (Lipinski definition) is 1. The molecule has 0 atom stereocenters. The van der Waals surface area contributed by atoms with Gasteiger partial charge < -0.3 is 0 Å². The minimum absolute atomic E-state index is 0.741. The van der Waals surface area contributed by atoms with Gasteiger partial charge in [0.2, 0.25) is 0 Å². The number of rotatable bonds is 5. The van der Waals surface area contributed by atoms with E-state index in [4.69, 9.17) is 0 Å². The van der Waals surface area contributed by atoms with E-state index in [1.54, 1.807) is 0 Å². The highest BCUT2D eigenvalue weighted by Gasteiger charge is 3.00. The molecule has 1 rings (SSSR count). The van der Waals surface area contributed by atoms with Crippen LogP contribution in [0.25, 0.3) is 0 Å². The van der Waals surface area contributed by atoms with Crippen LogP contribution in [0.1, 0.15) is 0 Å². The zero-order valence-electron chi connectivity index (χ0n) is 9.68. The van der Waals surface area contributed by atoms with E-state index in [0.29, 0.717) is 0 Å². The Morgan fingerprint density at radius 3 is 1.52 bits per heavy atom. The molecule has 0 radical (unpaired) electrons. The summed E-state index contributed by atoms with van der Waals surface area (Å²) in [4.78, 5) is 46.8. The van der Waals surface area contributed by atoms with Crippen LogP contribution in [-0.2, 0) is 0 Å². The van der Waals surface area contributed by atoms with Crippen molar-refractivity contribution in [2.75, 3.05) is 13.1 Å². The van der Waals surface area contributed by atoms with Gasteiger partial charge in [0.05, 0.1) is 0 Å². The molecule has 0 bridgehead atoms. The number of nitrogens with one attached hydrogen (secondary N) is 1. The topological polar surface area (TPSA) is 231 Å². The van der Waals surface area contributed by atoms with Crippen molar-refractivity contribution in [2.24, 2.45) is 0 Å². The first kappa shape index (κ1) is 15.8. The lowest BCUT2D eigenvalue weighted by atomic mass is 10.1. The molecule has 0 aromatic rings. The Morgan fingerprint density at radius 1 is 0.810 bits per heavy atom. The number of nitrogens with zero attached hydrogens (tertiary/aromatic N) is 6. The molecule has 17 heteroatoms. The highest BCUT2D eigenvalue weighted by atomic mass is 16.7. The molecule has 1 heterocycles. The number of hydrogen-bond acceptors (Lipinski definition) is 11. The summed E-state index contributed by atoms with van der Waals surface area (Å²) in [6, 6.07) is 0. The molecule has 1 fully saturated rings. The predicted molar refractivity (Wildman–Crippen MR) is 55.1 cm³/mol. The summed E-state index contributed by atoms with van der Waals surface area (Å²) in [6.07, 6.45) is 0. The van der Waals surface area contributed by atoms with Crippen molar-refractivity contribution in [3.05, 3.63) is 50.6 Å². The van der Waals surface area contributed by atoms with Crippen molar-refractivity contribution in [1.82, 2.24) is 10.3 Å². The van der Waals surface area contributed by atoms with Crippen LogP contribution in [-0.4, -0.2) is 54.4 Å². The van der Waals surface area contributed by atoms with E-state index >= 15 is 0 Å². The van der Waals surface area contributed by atoms with Gasteiger partial charge in [0.25, 0.3) is 0 Å². The molecule has 1 aliphatic rings. The first-order valence-electron chi connectivity index (χ1n) is 4.81. The number of nitro groups is 5.